The number of hydrogen-bond acceptors (Lipinski definition) is 6. The molecular weight excluding hydrogens is 425 g/mol. The molecule has 1 unspecified atom stereocenters. The summed E-state index contributed by atoms with van der Waals surface area (Å²) in [5, 5.41) is 30.1. The summed E-state index contributed by atoms with van der Waals surface area (Å²) in [6.45, 7) is 8.11. The first kappa shape index (κ1) is 24.6. The second kappa shape index (κ2) is 9.44. The third-order valence-corrected chi connectivity index (χ3v) is 5.36. The summed E-state index contributed by atoms with van der Waals surface area (Å²) in [6, 6.07) is 5.77. The Balaban J connectivity index is 1.97. The molecule has 8 nitrogen and oxygen atoms in total. The molecule has 1 atom stereocenters. The number of aromatic nitrogens is 3. The molecule has 0 aliphatic rings. The molecule has 3 aromatic heterocycles. The van der Waals surface area contributed by atoms with E-state index in [1.807, 2.05) is 31.3 Å². The van der Waals surface area contributed by atoms with Crippen LogP contribution in [0.5, 0.6) is 0 Å². The summed E-state index contributed by atoms with van der Waals surface area (Å²) in [5.41, 5.74) is 1.75. The van der Waals surface area contributed by atoms with E-state index in [0.29, 0.717) is 24.2 Å². The predicted molar refractivity (Wildman–Crippen MR) is 126 cm³/mol. The van der Waals surface area contributed by atoms with Gasteiger partial charge in [-0.3, -0.25) is 9.78 Å². The van der Waals surface area contributed by atoms with Crippen molar-refractivity contribution in [1.82, 2.24) is 19.9 Å². The minimum Gasteiger partial charge on any atom is -0.390 e. The van der Waals surface area contributed by atoms with E-state index in [1.54, 1.807) is 24.6 Å². The van der Waals surface area contributed by atoms with Gasteiger partial charge in [0.2, 0.25) is 0 Å². The number of alkyl halides is 1. The van der Waals surface area contributed by atoms with Crippen LogP contribution in [-0.4, -0.2) is 61.2 Å². The first-order valence-electron chi connectivity index (χ1n) is 10.9. The number of aliphatic hydroxyl groups is 2. The lowest BCUT2D eigenvalue weighted by atomic mass is 10.0. The number of amides is 1. The summed E-state index contributed by atoms with van der Waals surface area (Å²) in [5.74, 6) is -0.509. The first-order valence-corrected chi connectivity index (χ1v) is 10.9. The molecule has 3 rings (SSSR count). The molecule has 0 aliphatic carbocycles. The Bertz CT molecular complexity index is 1130. The molecule has 0 saturated carbocycles. The van der Waals surface area contributed by atoms with Crippen molar-refractivity contribution in [3.8, 4) is 11.1 Å². The Kier molecular flexibility index (Phi) is 7.04. The molecular formula is C24H32FN5O3. The lowest BCUT2D eigenvalue weighted by Gasteiger charge is -2.23. The van der Waals surface area contributed by atoms with Gasteiger partial charge in [-0.15, -0.1) is 0 Å². The van der Waals surface area contributed by atoms with Gasteiger partial charge in [-0.1, -0.05) is 0 Å². The lowest BCUT2D eigenvalue weighted by Crippen LogP contribution is -2.42. The number of rotatable bonds is 9. The van der Waals surface area contributed by atoms with Gasteiger partial charge in [0.15, 0.2) is 0 Å². The quantitative estimate of drug-likeness (QED) is 0.393. The van der Waals surface area contributed by atoms with Crippen molar-refractivity contribution >= 4 is 17.1 Å². The molecule has 0 radical (unpaired) electrons. The number of anilines is 1. The summed E-state index contributed by atoms with van der Waals surface area (Å²) in [7, 11) is 0. The highest BCUT2D eigenvalue weighted by Gasteiger charge is 2.27. The van der Waals surface area contributed by atoms with E-state index in [9.17, 15) is 19.4 Å². The summed E-state index contributed by atoms with van der Waals surface area (Å²) in [6.07, 6.45) is 3.84. The number of aryl methyl sites for hydroxylation is 1. The topological polar surface area (TPSA) is 112 Å². The van der Waals surface area contributed by atoms with Gasteiger partial charge in [0.05, 0.1) is 40.7 Å². The van der Waals surface area contributed by atoms with E-state index in [0.717, 1.165) is 16.8 Å². The van der Waals surface area contributed by atoms with Crippen LogP contribution in [-0.2, 0) is 0 Å². The van der Waals surface area contributed by atoms with Crippen LogP contribution in [0.15, 0.2) is 36.8 Å². The van der Waals surface area contributed by atoms with E-state index in [-0.39, 0.29) is 12.1 Å². The van der Waals surface area contributed by atoms with Crippen molar-refractivity contribution in [1.29, 1.82) is 0 Å². The fourth-order valence-electron chi connectivity index (χ4n) is 3.32. The Labute approximate surface area is 192 Å². The number of carbonyl (C=O) groups excluding carboxylic acids is 1. The van der Waals surface area contributed by atoms with Crippen molar-refractivity contribution in [2.45, 2.75) is 58.4 Å². The van der Waals surface area contributed by atoms with Crippen LogP contribution in [0, 0.1) is 6.92 Å². The summed E-state index contributed by atoms with van der Waals surface area (Å²) >= 11 is 0. The minimum atomic E-state index is -1.63. The molecule has 178 valence electrons. The van der Waals surface area contributed by atoms with E-state index >= 15 is 0 Å². The zero-order valence-electron chi connectivity index (χ0n) is 19.7. The third-order valence-electron chi connectivity index (χ3n) is 5.36. The SMILES string of the molecule is Cc1cc(-c2cc3c(NCCC(C)(C)O)c(C(=O)NCC(F)C(C)(C)O)cnn3c2)ccn1. The predicted octanol–water partition coefficient (Wildman–Crippen LogP) is 3.12. The normalized spacial score (nSPS) is 13.2. The van der Waals surface area contributed by atoms with Crippen LogP contribution < -0.4 is 10.6 Å². The van der Waals surface area contributed by atoms with Crippen molar-refractivity contribution in [3.05, 3.63) is 48.0 Å². The van der Waals surface area contributed by atoms with Crippen LogP contribution in [0.4, 0.5) is 10.1 Å². The Morgan fingerprint density at radius 2 is 1.94 bits per heavy atom. The van der Waals surface area contributed by atoms with E-state index in [1.165, 1.54) is 20.0 Å². The number of nitrogens with zero attached hydrogens (tertiary/aromatic N) is 3. The monoisotopic (exact) mass is 457 g/mol. The summed E-state index contributed by atoms with van der Waals surface area (Å²) < 4.78 is 15.8. The van der Waals surface area contributed by atoms with E-state index < -0.39 is 23.3 Å². The van der Waals surface area contributed by atoms with Crippen LogP contribution >= 0.6 is 0 Å². The largest absolute Gasteiger partial charge is 0.390 e. The smallest absolute Gasteiger partial charge is 0.255 e. The molecule has 3 aromatic rings. The van der Waals surface area contributed by atoms with Crippen LogP contribution in [0.25, 0.3) is 16.6 Å². The molecule has 0 saturated heterocycles. The third kappa shape index (κ3) is 6.27. The highest BCUT2D eigenvalue weighted by atomic mass is 19.1. The van der Waals surface area contributed by atoms with Gasteiger partial charge in [0.25, 0.3) is 5.91 Å². The number of pyridine rings is 1. The first-order chi connectivity index (χ1) is 15.3. The number of carbonyl (C=O) groups is 1. The molecule has 9 heteroatoms. The second-order valence-corrected chi connectivity index (χ2v) is 9.50. The summed E-state index contributed by atoms with van der Waals surface area (Å²) in [4.78, 5) is 17.1. The molecule has 3 heterocycles. The fraction of sp³-hybridized carbons (Fsp3) is 0.458. The van der Waals surface area contributed by atoms with E-state index in [2.05, 4.69) is 20.7 Å². The van der Waals surface area contributed by atoms with Crippen molar-refractivity contribution < 1.29 is 19.4 Å². The molecule has 0 fully saturated rings. The van der Waals surface area contributed by atoms with Crippen molar-refractivity contribution in [2.24, 2.45) is 0 Å². The van der Waals surface area contributed by atoms with Gasteiger partial charge >= 0.3 is 0 Å². The minimum absolute atomic E-state index is 0.247. The maximum Gasteiger partial charge on any atom is 0.255 e. The van der Waals surface area contributed by atoms with Gasteiger partial charge in [-0.2, -0.15) is 5.10 Å². The van der Waals surface area contributed by atoms with Crippen LogP contribution in [0.2, 0.25) is 0 Å². The van der Waals surface area contributed by atoms with Gasteiger partial charge in [0.1, 0.15) is 6.17 Å². The van der Waals surface area contributed by atoms with Crippen LogP contribution in [0.1, 0.15) is 50.2 Å². The molecule has 0 aromatic carbocycles. The van der Waals surface area contributed by atoms with Crippen LogP contribution in [0.3, 0.4) is 0 Å². The Morgan fingerprint density at radius 1 is 1.21 bits per heavy atom. The van der Waals surface area contributed by atoms with Gasteiger partial charge < -0.3 is 20.8 Å². The standard InChI is InChI=1S/C24H32FN5O3/c1-15-10-16(6-8-26-15)17-11-19-21(27-9-7-23(2,3)32)18(12-29-30(19)14-17)22(31)28-13-20(25)24(4,5)33/h6,8,10-12,14,20,27,32-33H,7,9,13H2,1-5H3,(H,28,31). The Hall–Kier alpha value is -3.04. The lowest BCUT2D eigenvalue weighted by molar-refractivity contribution is -0.00177. The molecule has 0 spiro atoms. The van der Waals surface area contributed by atoms with Crippen molar-refractivity contribution in [3.63, 3.8) is 0 Å². The number of fused-ring (bicyclic) bond motifs is 1. The maximum absolute atomic E-state index is 14.2. The number of halogens is 1. The molecule has 33 heavy (non-hydrogen) atoms. The Morgan fingerprint density at radius 3 is 2.58 bits per heavy atom. The maximum atomic E-state index is 14.2. The zero-order chi connectivity index (χ0) is 24.4. The number of hydrogen-bond donors (Lipinski definition) is 4. The van der Waals surface area contributed by atoms with E-state index in [4.69, 9.17) is 0 Å². The molecule has 0 aliphatic heterocycles. The average molecular weight is 458 g/mol. The van der Waals surface area contributed by atoms with Gasteiger partial charge in [-0.05, 0) is 64.8 Å². The van der Waals surface area contributed by atoms with Gasteiger partial charge in [-0.25, -0.2) is 8.91 Å². The fourth-order valence-corrected chi connectivity index (χ4v) is 3.32. The highest BCUT2D eigenvalue weighted by Crippen LogP contribution is 2.29. The highest BCUT2D eigenvalue weighted by molar-refractivity contribution is 6.03. The molecule has 0 bridgehead atoms. The molecule has 4 N–H and O–H groups in total. The second-order valence-electron chi connectivity index (χ2n) is 9.50. The number of nitrogens with one attached hydrogen (secondary N) is 2. The average Bonchev–Trinajstić information content (AvgIpc) is 3.15. The van der Waals surface area contributed by atoms with Crippen molar-refractivity contribution in [2.75, 3.05) is 18.4 Å². The molecule has 1 amide bonds. The van der Waals surface area contributed by atoms with Gasteiger partial charge in [0, 0.05) is 30.2 Å². The zero-order valence-corrected chi connectivity index (χ0v) is 19.7.